The van der Waals surface area contributed by atoms with E-state index in [2.05, 4.69) is 0 Å². The van der Waals surface area contributed by atoms with E-state index in [9.17, 15) is 0 Å². The van der Waals surface area contributed by atoms with Crippen LogP contribution in [0.2, 0.25) is 0 Å². The monoisotopic (exact) mass is 230 g/mol. The van der Waals surface area contributed by atoms with Gasteiger partial charge in [0.1, 0.15) is 0 Å². The molecule has 0 amide bonds. The summed E-state index contributed by atoms with van der Waals surface area (Å²) in [6.45, 7) is 0. The summed E-state index contributed by atoms with van der Waals surface area (Å²) in [5.41, 5.74) is 0. The molecule has 0 spiro atoms. The van der Waals surface area contributed by atoms with Gasteiger partial charge >= 0.3 is 89.1 Å². The minimum atomic E-state index is 0. The Kier molecular flexibility index (Phi) is 334. The van der Waals surface area contributed by atoms with E-state index in [0.717, 1.165) is 0 Å². The van der Waals surface area contributed by atoms with Crippen molar-refractivity contribution < 1.29 is 128 Å². The molecule has 0 aliphatic heterocycles. The van der Waals surface area contributed by atoms with Gasteiger partial charge in [0, 0.05) is 0 Å². The van der Waals surface area contributed by atoms with Gasteiger partial charge in [-0.15, -0.1) is 0 Å². The second-order valence-corrected chi connectivity index (χ2v) is 0. The van der Waals surface area contributed by atoms with Gasteiger partial charge in [0.25, 0.3) is 0 Å². The Morgan fingerprint density at radius 3 is 0.667 bits per heavy atom. The van der Waals surface area contributed by atoms with E-state index in [-0.39, 0.29) is 128 Å². The fourth-order valence-electron chi connectivity index (χ4n) is 0. The van der Waals surface area contributed by atoms with Crippen molar-refractivity contribution >= 4 is 0 Å². The van der Waals surface area contributed by atoms with Gasteiger partial charge in [-0.25, -0.2) is 0 Å². The minimum absolute atomic E-state index is 0. The molecule has 0 saturated heterocycles. The Morgan fingerprint density at radius 2 is 0.667 bits per heavy atom. The van der Waals surface area contributed by atoms with Crippen LogP contribution in [0.3, 0.4) is 0 Å². The van der Waals surface area contributed by atoms with Crippen LogP contribution >= 0.6 is 0 Å². The molecule has 0 radical (unpaired) electrons. The minimum Gasteiger partial charge on any atom is -1.00 e. The first kappa shape index (κ1) is 53.4. The summed E-state index contributed by atoms with van der Waals surface area (Å²) in [6.07, 6.45) is 0. The molecule has 0 unspecified atom stereocenters. The third-order valence-corrected chi connectivity index (χ3v) is 0. The van der Waals surface area contributed by atoms with E-state index < -0.39 is 0 Å². The van der Waals surface area contributed by atoms with Crippen LogP contribution < -0.4 is 128 Å². The van der Waals surface area contributed by atoms with Crippen LogP contribution in [0.15, 0.2) is 0 Å². The fourth-order valence-corrected chi connectivity index (χ4v) is 0. The van der Waals surface area contributed by atoms with Crippen molar-refractivity contribution in [3.63, 3.8) is 0 Å². The third kappa shape index (κ3) is 25.2. The first-order valence-electron chi connectivity index (χ1n) is 0. The van der Waals surface area contributed by atoms with Gasteiger partial charge in [-0.2, -0.15) is 0 Å². The second kappa shape index (κ2) is 37.5. The molecule has 0 aromatic carbocycles. The molecule has 0 nitrogen and oxygen atoms in total. The SMILES string of the molecule is [Br-].[Br-].[F-].[K+].[Li+].[Li+]. The number of rotatable bonds is 0. The molecule has 0 aromatic heterocycles. The molecular weight excluding hydrogens is 232 g/mol. The Morgan fingerprint density at radius 1 is 0.667 bits per heavy atom. The number of hydrogen-bond acceptors (Lipinski definition) is 0. The van der Waals surface area contributed by atoms with Gasteiger partial charge in [-0.3, -0.25) is 0 Å². The second-order valence-electron chi connectivity index (χ2n) is 0. The summed E-state index contributed by atoms with van der Waals surface area (Å²) in [5.74, 6) is 0. The maximum absolute atomic E-state index is 0. The molecule has 0 saturated carbocycles. The molecule has 6 heteroatoms. The third-order valence-electron chi connectivity index (χ3n) is 0. The number of hydrogen-bond donors (Lipinski definition) is 0. The van der Waals surface area contributed by atoms with Crippen molar-refractivity contribution in [2.45, 2.75) is 0 Å². The average Bonchev–Trinajstić information content (AvgIpc) is 0. The molecule has 0 rings (SSSR count). The van der Waals surface area contributed by atoms with Crippen molar-refractivity contribution in [2.75, 3.05) is 0 Å². The van der Waals surface area contributed by atoms with Gasteiger partial charge in [0.15, 0.2) is 0 Å². The molecule has 0 atom stereocenters. The van der Waals surface area contributed by atoms with E-state index in [1.165, 1.54) is 0 Å². The molecule has 0 aliphatic carbocycles. The molecule has 6 heavy (non-hydrogen) atoms. The van der Waals surface area contributed by atoms with Crippen LogP contribution in [0.5, 0.6) is 0 Å². The van der Waals surface area contributed by atoms with E-state index >= 15 is 0 Å². The summed E-state index contributed by atoms with van der Waals surface area (Å²) in [6, 6.07) is 0. The van der Waals surface area contributed by atoms with Gasteiger partial charge < -0.3 is 38.7 Å². The molecule has 0 N–H and O–H groups in total. The predicted molar refractivity (Wildman–Crippen MR) is 0 cm³/mol. The Bertz CT molecular complexity index is 11.5. The fraction of sp³-hybridized carbons (Fsp3) is 0. The molecule has 24 valence electrons. The van der Waals surface area contributed by atoms with Gasteiger partial charge in [-0.1, -0.05) is 0 Å². The van der Waals surface area contributed by atoms with Crippen LogP contribution in [-0.4, -0.2) is 0 Å². The van der Waals surface area contributed by atoms with E-state index in [0.29, 0.717) is 0 Å². The van der Waals surface area contributed by atoms with Gasteiger partial charge in [-0.05, 0) is 0 Å². The van der Waals surface area contributed by atoms with Crippen molar-refractivity contribution in [3.8, 4) is 0 Å². The predicted octanol–water partition coefficient (Wildman–Crippen LogP) is -18.0. The van der Waals surface area contributed by atoms with Crippen LogP contribution in [0.1, 0.15) is 0 Å². The maximum Gasteiger partial charge on any atom is 1.00 e. The average molecular weight is 232 g/mol. The molecule has 0 heterocycles. The van der Waals surface area contributed by atoms with Crippen molar-refractivity contribution in [2.24, 2.45) is 0 Å². The van der Waals surface area contributed by atoms with E-state index in [4.69, 9.17) is 0 Å². The first-order chi connectivity index (χ1) is 0. The van der Waals surface area contributed by atoms with E-state index in [1.54, 1.807) is 0 Å². The Hall–Kier alpha value is 3.72. The first-order valence-corrected chi connectivity index (χ1v) is 0. The Labute approximate surface area is 125 Å². The van der Waals surface area contributed by atoms with Crippen LogP contribution in [0.25, 0.3) is 0 Å². The van der Waals surface area contributed by atoms with Crippen molar-refractivity contribution in [1.82, 2.24) is 0 Å². The zero-order valence-corrected chi connectivity index (χ0v) is 10.4. The maximum atomic E-state index is 0. The molecule has 0 aliphatic rings. The standard InChI is InChI=1S/2BrH.FH.K.2Li/h3*1H;;;/q;;;3*+1/p-3. The van der Waals surface area contributed by atoms with Crippen molar-refractivity contribution in [1.29, 1.82) is 0 Å². The zero-order valence-electron chi connectivity index (χ0n) is 4.13. The van der Waals surface area contributed by atoms with Crippen LogP contribution in [-0.2, 0) is 0 Å². The molecule has 0 bridgehead atoms. The summed E-state index contributed by atoms with van der Waals surface area (Å²) in [7, 11) is 0. The van der Waals surface area contributed by atoms with E-state index in [1.807, 2.05) is 0 Å². The van der Waals surface area contributed by atoms with Crippen LogP contribution in [0.4, 0.5) is 0 Å². The summed E-state index contributed by atoms with van der Waals surface area (Å²) in [5, 5.41) is 0. The summed E-state index contributed by atoms with van der Waals surface area (Å²) >= 11 is 0. The molecular formula is Br2FKLi2. The quantitative estimate of drug-likeness (QED) is 0.364. The Balaban J connectivity index is 0. The van der Waals surface area contributed by atoms with Crippen molar-refractivity contribution in [3.05, 3.63) is 0 Å². The van der Waals surface area contributed by atoms with Crippen LogP contribution in [0, 0.1) is 0 Å². The van der Waals surface area contributed by atoms with Gasteiger partial charge in [0.05, 0.1) is 0 Å². The summed E-state index contributed by atoms with van der Waals surface area (Å²) < 4.78 is 0. The normalized spacial score (nSPS) is 0. The summed E-state index contributed by atoms with van der Waals surface area (Å²) in [4.78, 5) is 0. The molecule has 0 fully saturated rings. The zero-order chi connectivity index (χ0) is 0. The molecule has 0 aromatic rings. The smallest absolute Gasteiger partial charge is 1.00 e. The number of halogens is 3. The topological polar surface area (TPSA) is 0 Å². The van der Waals surface area contributed by atoms with Gasteiger partial charge in [0.2, 0.25) is 0 Å². The largest absolute Gasteiger partial charge is 1.00 e.